The second-order valence-electron chi connectivity index (χ2n) is 5.78. The van der Waals surface area contributed by atoms with Crippen LogP contribution in [-0.2, 0) is 0 Å². The molecule has 0 fully saturated rings. The van der Waals surface area contributed by atoms with Gasteiger partial charge >= 0.3 is 5.63 Å². The molecule has 0 radical (unpaired) electrons. The van der Waals surface area contributed by atoms with Gasteiger partial charge in [-0.25, -0.2) is 4.79 Å². The summed E-state index contributed by atoms with van der Waals surface area (Å²) in [6.07, 6.45) is 0.959. The Balaban J connectivity index is 2.24. The van der Waals surface area contributed by atoms with Gasteiger partial charge in [0.25, 0.3) is 0 Å². The van der Waals surface area contributed by atoms with Crippen LogP contribution in [0.25, 0.3) is 11.0 Å². The van der Waals surface area contributed by atoms with Gasteiger partial charge in [-0.1, -0.05) is 6.92 Å². The number of rotatable bonds is 3. The first-order valence-corrected chi connectivity index (χ1v) is 7.35. The highest BCUT2D eigenvalue weighted by Crippen LogP contribution is 2.20. The summed E-state index contributed by atoms with van der Waals surface area (Å²) in [5, 5.41) is 7.85. The lowest BCUT2D eigenvalue weighted by molar-refractivity contribution is 0.448. The Kier molecular flexibility index (Phi) is 4.32. The van der Waals surface area contributed by atoms with Crippen molar-refractivity contribution >= 4 is 34.0 Å². The number of fused-ring (bicyclic) bond motifs is 1. The predicted molar refractivity (Wildman–Crippen MR) is 90.9 cm³/mol. The van der Waals surface area contributed by atoms with E-state index in [9.17, 15) is 4.79 Å². The maximum absolute atomic E-state index is 11.4. The Morgan fingerprint density at radius 2 is 2.05 bits per heavy atom. The first-order valence-electron chi connectivity index (χ1n) is 6.94. The molecule has 0 aliphatic carbocycles. The number of benzene rings is 1. The normalized spacial score (nSPS) is 11.4. The molecule has 0 aliphatic rings. The number of hydrogen-bond donors (Lipinski definition) is 2. The zero-order valence-corrected chi connectivity index (χ0v) is 13.6. The third-order valence-corrected chi connectivity index (χ3v) is 3.75. The van der Waals surface area contributed by atoms with E-state index in [0.29, 0.717) is 10.7 Å². The van der Waals surface area contributed by atoms with Crippen molar-refractivity contribution < 1.29 is 4.42 Å². The van der Waals surface area contributed by atoms with Crippen LogP contribution < -0.4 is 16.3 Å². The van der Waals surface area contributed by atoms with Crippen LogP contribution in [0.1, 0.15) is 32.8 Å². The minimum atomic E-state index is -0.343. The van der Waals surface area contributed by atoms with E-state index in [1.165, 1.54) is 6.07 Å². The molecule has 2 N–H and O–H groups in total. The molecule has 2 rings (SSSR count). The van der Waals surface area contributed by atoms with Gasteiger partial charge in [0.2, 0.25) is 0 Å². The summed E-state index contributed by atoms with van der Waals surface area (Å²) in [7, 11) is 0. The van der Waals surface area contributed by atoms with Gasteiger partial charge in [0.15, 0.2) is 5.11 Å². The molecule has 5 heteroatoms. The van der Waals surface area contributed by atoms with Crippen LogP contribution >= 0.6 is 12.2 Å². The van der Waals surface area contributed by atoms with Crippen LogP contribution in [0.15, 0.2) is 33.5 Å². The minimum Gasteiger partial charge on any atom is -0.423 e. The molecule has 0 spiro atoms. The molecule has 2 aromatic rings. The largest absolute Gasteiger partial charge is 0.423 e. The SMILES string of the molecule is CCC(C)(C)NC(=S)Nc1ccc2c(C)cc(=O)oc2c1. The molecule has 1 aromatic carbocycles. The molecule has 0 amide bonds. The molecule has 0 saturated heterocycles. The molecular formula is C16H20N2O2S. The van der Waals surface area contributed by atoms with Crippen LogP contribution in [-0.4, -0.2) is 10.7 Å². The third-order valence-electron chi connectivity index (χ3n) is 3.55. The monoisotopic (exact) mass is 304 g/mol. The summed E-state index contributed by atoms with van der Waals surface area (Å²) in [6.45, 7) is 8.17. The molecule has 1 heterocycles. The molecule has 0 atom stereocenters. The van der Waals surface area contributed by atoms with Gasteiger partial charge in [-0.05, 0) is 57.1 Å². The second kappa shape index (κ2) is 5.85. The molecule has 0 aliphatic heterocycles. The van der Waals surface area contributed by atoms with E-state index in [4.69, 9.17) is 16.6 Å². The minimum absolute atomic E-state index is 0.0654. The maximum Gasteiger partial charge on any atom is 0.336 e. The van der Waals surface area contributed by atoms with Crippen molar-refractivity contribution in [3.8, 4) is 0 Å². The fourth-order valence-corrected chi connectivity index (χ4v) is 2.35. The van der Waals surface area contributed by atoms with E-state index in [2.05, 4.69) is 31.4 Å². The van der Waals surface area contributed by atoms with Crippen molar-refractivity contribution in [3.63, 3.8) is 0 Å². The van der Waals surface area contributed by atoms with E-state index in [-0.39, 0.29) is 11.2 Å². The van der Waals surface area contributed by atoms with Gasteiger partial charge in [-0.3, -0.25) is 0 Å². The van der Waals surface area contributed by atoms with E-state index in [1.807, 2.05) is 19.1 Å². The predicted octanol–water partition coefficient (Wildman–Crippen LogP) is 3.58. The van der Waals surface area contributed by atoms with Crippen LogP contribution in [0.5, 0.6) is 0 Å². The molecule has 4 nitrogen and oxygen atoms in total. The van der Waals surface area contributed by atoms with Crippen LogP contribution in [0.3, 0.4) is 0 Å². The zero-order chi connectivity index (χ0) is 15.6. The van der Waals surface area contributed by atoms with E-state index >= 15 is 0 Å². The highest BCUT2D eigenvalue weighted by molar-refractivity contribution is 7.80. The molecule has 0 bridgehead atoms. The molecule has 0 saturated carbocycles. The highest BCUT2D eigenvalue weighted by atomic mass is 32.1. The summed E-state index contributed by atoms with van der Waals surface area (Å²) < 4.78 is 5.23. The van der Waals surface area contributed by atoms with E-state index < -0.39 is 0 Å². The van der Waals surface area contributed by atoms with Gasteiger partial charge in [0.05, 0.1) is 0 Å². The number of anilines is 1. The quantitative estimate of drug-likeness (QED) is 0.670. The fourth-order valence-electron chi connectivity index (χ4n) is 1.96. The van der Waals surface area contributed by atoms with Crippen molar-refractivity contribution in [3.05, 3.63) is 40.2 Å². The van der Waals surface area contributed by atoms with Crippen molar-refractivity contribution in [2.45, 2.75) is 39.7 Å². The average molecular weight is 304 g/mol. The van der Waals surface area contributed by atoms with Crippen LogP contribution in [0.2, 0.25) is 0 Å². The van der Waals surface area contributed by atoms with Crippen molar-refractivity contribution in [2.24, 2.45) is 0 Å². The van der Waals surface area contributed by atoms with Gasteiger partial charge in [-0.2, -0.15) is 0 Å². The highest BCUT2D eigenvalue weighted by Gasteiger charge is 2.15. The van der Waals surface area contributed by atoms with Crippen LogP contribution in [0.4, 0.5) is 5.69 Å². The molecular weight excluding hydrogens is 284 g/mol. The Morgan fingerprint density at radius 1 is 1.33 bits per heavy atom. The Hall–Kier alpha value is -1.88. The summed E-state index contributed by atoms with van der Waals surface area (Å²) in [5.41, 5.74) is 1.85. The maximum atomic E-state index is 11.4. The molecule has 1 aromatic heterocycles. The molecule has 0 unspecified atom stereocenters. The van der Waals surface area contributed by atoms with Gasteiger partial charge in [0, 0.05) is 28.7 Å². The van der Waals surface area contributed by atoms with Crippen molar-refractivity contribution in [1.82, 2.24) is 5.32 Å². The Morgan fingerprint density at radius 3 is 2.71 bits per heavy atom. The van der Waals surface area contributed by atoms with Gasteiger partial charge < -0.3 is 15.1 Å². The van der Waals surface area contributed by atoms with E-state index in [0.717, 1.165) is 23.1 Å². The van der Waals surface area contributed by atoms with Crippen molar-refractivity contribution in [1.29, 1.82) is 0 Å². The average Bonchev–Trinajstić information content (AvgIpc) is 2.37. The zero-order valence-electron chi connectivity index (χ0n) is 12.7. The van der Waals surface area contributed by atoms with Gasteiger partial charge in [-0.15, -0.1) is 0 Å². The number of aryl methyl sites for hydroxylation is 1. The third kappa shape index (κ3) is 3.82. The fraction of sp³-hybridized carbons (Fsp3) is 0.375. The topological polar surface area (TPSA) is 54.3 Å². The van der Waals surface area contributed by atoms with Gasteiger partial charge in [0.1, 0.15) is 5.58 Å². The summed E-state index contributed by atoms with van der Waals surface area (Å²) >= 11 is 5.31. The lowest BCUT2D eigenvalue weighted by Gasteiger charge is -2.26. The number of thiocarbonyl (C=S) groups is 1. The Labute approximate surface area is 129 Å². The number of nitrogens with one attached hydrogen (secondary N) is 2. The second-order valence-corrected chi connectivity index (χ2v) is 6.18. The standard InChI is InChI=1S/C16H20N2O2S/c1-5-16(3,4)18-15(21)17-11-6-7-12-10(2)8-14(19)20-13(12)9-11/h6-9H,5H2,1-4H3,(H2,17,18,21). The summed E-state index contributed by atoms with van der Waals surface area (Å²) in [4.78, 5) is 11.4. The summed E-state index contributed by atoms with van der Waals surface area (Å²) in [5.74, 6) is 0. The molecule has 112 valence electrons. The first-order chi connectivity index (χ1) is 9.80. The number of hydrogen-bond acceptors (Lipinski definition) is 3. The molecule has 21 heavy (non-hydrogen) atoms. The van der Waals surface area contributed by atoms with E-state index in [1.54, 1.807) is 6.07 Å². The lowest BCUT2D eigenvalue weighted by Crippen LogP contribution is -2.44. The summed E-state index contributed by atoms with van der Waals surface area (Å²) in [6, 6.07) is 7.12. The van der Waals surface area contributed by atoms with Crippen LogP contribution in [0, 0.1) is 6.92 Å². The smallest absolute Gasteiger partial charge is 0.336 e. The lowest BCUT2D eigenvalue weighted by atomic mass is 10.0. The first kappa shape index (κ1) is 15.5. The Bertz CT molecular complexity index is 735. The van der Waals surface area contributed by atoms with Crippen molar-refractivity contribution in [2.75, 3.05) is 5.32 Å².